The molecule has 0 aliphatic carbocycles. The molecule has 0 aliphatic rings. The van der Waals surface area contributed by atoms with Crippen molar-refractivity contribution in [3.63, 3.8) is 0 Å². The number of halogens is 4. The standard InChI is InChI=1S/C2H6O.4ClH.Na.Ti.H/c1-2-3;;;;;;;/h3H,2H2,1H3;4*1H;;;/q;;;;;+1;;-1. The summed E-state index contributed by atoms with van der Waals surface area (Å²) in [5, 5.41) is 7.57. The van der Waals surface area contributed by atoms with Gasteiger partial charge in [-0.25, -0.2) is 0 Å². The number of aliphatic hydroxyl groups excluding tert-OH is 1. The molecular formula is C2H11Cl4NaOTi. The van der Waals surface area contributed by atoms with Crippen molar-refractivity contribution in [2.24, 2.45) is 0 Å². The van der Waals surface area contributed by atoms with Crippen molar-refractivity contribution in [1.82, 2.24) is 0 Å². The first-order valence-corrected chi connectivity index (χ1v) is 1.02. The molecule has 0 saturated carbocycles. The molecule has 1 N–H and O–H groups in total. The van der Waals surface area contributed by atoms with E-state index < -0.39 is 0 Å². The van der Waals surface area contributed by atoms with Crippen LogP contribution in [0.4, 0.5) is 0 Å². The van der Waals surface area contributed by atoms with Crippen LogP contribution < -0.4 is 29.6 Å². The fourth-order valence-electron chi connectivity index (χ4n) is 0. The van der Waals surface area contributed by atoms with E-state index in [2.05, 4.69) is 0 Å². The monoisotopic (exact) mass is 262 g/mol. The van der Waals surface area contributed by atoms with Gasteiger partial charge in [0.25, 0.3) is 0 Å². The smallest absolute Gasteiger partial charge is 1.00 e. The van der Waals surface area contributed by atoms with Gasteiger partial charge in [-0.3, -0.25) is 0 Å². The molecule has 58 valence electrons. The van der Waals surface area contributed by atoms with E-state index in [1.54, 1.807) is 6.92 Å². The van der Waals surface area contributed by atoms with Gasteiger partial charge in [0.15, 0.2) is 0 Å². The van der Waals surface area contributed by atoms with Crippen molar-refractivity contribution < 1.29 is 57.8 Å². The molecule has 0 spiro atoms. The van der Waals surface area contributed by atoms with Crippen LogP contribution in [-0.4, -0.2) is 11.7 Å². The number of rotatable bonds is 0. The minimum absolute atomic E-state index is 0. The van der Waals surface area contributed by atoms with Crippen LogP contribution in [0.3, 0.4) is 0 Å². The molecule has 0 saturated heterocycles. The molecule has 0 radical (unpaired) electrons. The molecular weight excluding hydrogens is 253 g/mol. The number of hydrogen-bond donors (Lipinski definition) is 1. The molecule has 0 heterocycles. The largest absolute Gasteiger partial charge is 1.00 e. The zero-order chi connectivity index (χ0) is 2.71. The summed E-state index contributed by atoms with van der Waals surface area (Å²) in [5.41, 5.74) is 0. The fraction of sp³-hybridized carbons (Fsp3) is 1.00. The molecule has 1 nitrogen and oxygen atoms in total. The Morgan fingerprint density at radius 2 is 1.11 bits per heavy atom. The van der Waals surface area contributed by atoms with Crippen LogP contribution >= 0.6 is 49.6 Å². The van der Waals surface area contributed by atoms with E-state index in [1.165, 1.54) is 0 Å². The number of aliphatic hydroxyl groups is 1. The Morgan fingerprint density at radius 1 is 1.11 bits per heavy atom. The summed E-state index contributed by atoms with van der Waals surface area (Å²) in [6.45, 7) is 1.93. The van der Waals surface area contributed by atoms with Crippen LogP contribution in [0.5, 0.6) is 0 Å². The van der Waals surface area contributed by atoms with Crippen molar-refractivity contribution in [2.45, 2.75) is 6.92 Å². The van der Waals surface area contributed by atoms with Crippen LogP contribution in [0.15, 0.2) is 0 Å². The van der Waals surface area contributed by atoms with Crippen LogP contribution in [0.2, 0.25) is 0 Å². The second-order valence-electron chi connectivity index (χ2n) is 0.316. The third-order valence-electron chi connectivity index (χ3n) is 0. The summed E-state index contributed by atoms with van der Waals surface area (Å²) in [6.07, 6.45) is 0. The van der Waals surface area contributed by atoms with Crippen LogP contribution in [0.25, 0.3) is 0 Å². The quantitative estimate of drug-likeness (QED) is 0.545. The molecule has 0 aromatic heterocycles. The Bertz CT molecular complexity index is 23.2. The molecule has 0 aromatic rings. The second kappa shape index (κ2) is 71.3. The van der Waals surface area contributed by atoms with Gasteiger partial charge in [-0.15, -0.1) is 49.6 Å². The molecule has 0 unspecified atom stereocenters. The van der Waals surface area contributed by atoms with E-state index in [4.69, 9.17) is 5.11 Å². The van der Waals surface area contributed by atoms with Gasteiger partial charge in [0.2, 0.25) is 0 Å². The summed E-state index contributed by atoms with van der Waals surface area (Å²) in [5.74, 6) is 0. The molecule has 0 atom stereocenters. The maximum absolute atomic E-state index is 7.57. The van der Waals surface area contributed by atoms with Gasteiger partial charge in [-0.1, -0.05) is 0 Å². The summed E-state index contributed by atoms with van der Waals surface area (Å²) in [4.78, 5) is 0. The average Bonchev–Trinajstić information content (AvgIpc) is 0.918. The van der Waals surface area contributed by atoms with Gasteiger partial charge in [0.05, 0.1) is 0 Å². The Morgan fingerprint density at radius 3 is 1.11 bits per heavy atom. The third kappa shape index (κ3) is 105. The summed E-state index contributed by atoms with van der Waals surface area (Å²) in [7, 11) is 0. The van der Waals surface area contributed by atoms with Crippen molar-refractivity contribution in [2.75, 3.05) is 6.61 Å². The first kappa shape index (κ1) is 59.4. The maximum atomic E-state index is 7.57. The van der Waals surface area contributed by atoms with Gasteiger partial charge in [-0.2, -0.15) is 0 Å². The summed E-state index contributed by atoms with van der Waals surface area (Å²) >= 11 is 0. The molecule has 0 aromatic carbocycles. The van der Waals surface area contributed by atoms with E-state index >= 15 is 0 Å². The summed E-state index contributed by atoms with van der Waals surface area (Å²) in [6, 6.07) is 0. The van der Waals surface area contributed by atoms with E-state index in [9.17, 15) is 0 Å². The average molecular weight is 264 g/mol. The molecule has 0 fully saturated rings. The molecule has 0 bridgehead atoms. The maximum Gasteiger partial charge on any atom is 1.00 e. The molecule has 7 heteroatoms. The number of hydrogen-bond acceptors (Lipinski definition) is 1. The topological polar surface area (TPSA) is 20.2 Å². The summed E-state index contributed by atoms with van der Waals surface area (Å²) < 4.78 is 0. The Kier molecular flexibility index (Phi) is 471. The van der Waals surface area contributed by atoms with Crippen molar-refractivity contribution in [3.05, 3.63) is 0 Å². The van der Waals surface area contributed by atoms with Gasteiger partial charge < -0.3 is 6.53 Å². The Balaban J connectivity index is -0.000000000952. The van der Waals surface area contributed by atoms with E-state index in [-0.39, 0.29) is 109 Å². The minimum atomic E-state index is 0. The Labute approximate surface area is 119 Å². The van der Waals surface area contributed by atoms with Gasteiger partial charge in [0, 0.05) is 28.3 Å². The Hall–Kier alpha value is 2.83. The molecule has 0 amide bonds. The van der Waals surface area contributed by atoms with E-state index in [0.717, 1.165) is 0 Å². The second-order valence-corrected chi connectivity index (χ2v) is 0.316. The predicted octanol–water partition coefficient (Wildman–Crippen LogP) is -1.20. The van der Waals surface area contributed by atoms with Gasteiger partial charge in [0.1, 0.15) is 0 Å². The zero-order valence-electron chi connectivity index (χ0n) is 6.29. The zero-order valence-corrected chi connectivity index (χ0v) is 12.1. The normalized spacial score (nSPS) is 2.00. The fourth-order valence-corrected chi connectivity index (χ4v) is 0. The van der Waals surface area contributed by atoms with Crippen LogP contribution in [0.1, 0.15) is 8.35 Å². The molecule has 0 rings (SSSR count). The van der Waals surface area contributed by atoms with Gasteiger partial charge >= 0.3 is 29.6 Å². The van der Waals surface area contributed by atoms with Crippen molar-refractivity contribution >= 4 is 49.6 Å². The van der Waals surface area contributed by atoms with Crippen LogP contribution in [-0.2, 0) is 21.7 Å². The third-order valence-corrected chi connectivity index (χ3v) is 0. The first-order valence-electron chi connectivity index (χ1n) is 1.02. The van der Waals surface area contributed by atoms with E-state index in [0.29, 0.717) is 0 Å². The molecule has 9 heavy (non-hydrogen) atoms. The van der Waals surface area contributed by atoms with Crippen molar-refractivity contribution in [1.29, 1.82) is 0 Å². The van der Waals surface area contributed by atoms with E-state index in [1.807, 2.05) is 0 Å². The SMILES string of the molecule is CCO.Cl.Cl.Cl.Cl.[H-].[Na+].[Ti]. The first-order chi connectivity index (χ1) is 1.41. The predicted molar refractivity (Wildman–Crippen MR) is 42.9 cm³/mol. The van der Waals surface area contributed by atoms with Gasteiger partial charge in [-0.05, 0) is 6.92 Å². The van der Waals surface area contributed by atoms with Crippen molar-refractivity contribution in [3.8, 4) is 0 Å². The van der Waals surface area contributed by atoms with Crippen LogP contribution in [0, 0.1) is 0 Å². The minimum Gasteiger partial charge on any atom is -1.00 e. The molecule has 0 aliphatic heterocycles.